The van der Waals surface area contributed by atoms with Crippen LogP contribution in [-0.2, 0) is 13.2 Å². The largest absolute Gasteiger partial charge is 0.489 e. The summed E-state index contributed by atoms with van der Waals surface area (Å²) in [4.78, 5) is 24.9. The quantitative estimate of drug-likeness (QED) is 0.296. The van der Waals surface area contributed by atoms with E-state index in [9.17, 15) is 4.79 Å². The maximum atomic E-state index is 12.5. The molecule has 10 heteroatoms. The molecule has 0 aliphatic rings. The van der Waals surface area contributed by atoms with Gasteiger partial charge in [-0.05, 0) is 30.2 Å². The zero-order valence-electron chi connectivity index (χ0n) is 18.1. The third kappa shape index (κ3) is 6.46. The second-order valence-corrected chi connectivity index (χ2v) is 8.04. The third-order valence-corrected chi connectivity index (χ3v) is 5.59. The number of aromatic nitrogens is 4. The first-order chi connectivity index (χ1) is 16.6. The lowest BCUT2D eigenvalue weighted by molar-refractivity contribution is 0.0947. The summed E-state index contributed by atoms with van der Waals surface area (Å²) in [6, 6.07) is 19.0. The van der Waals surface area contributed by atoms with Gasteiger partial charge in [0.05, 0.1) is 6.33 Å². The average molecular weight is 497 g/mol. The highest BCUT2D eigenvalue weighted by Crippen LogP contribution is 2.21. The maximum absolute atomic E-state index is 12.5. The van der Waals surface area contributed by atoms with Gasteiger partial charge in [0.15, 0.2) is 5.15 Å². The summed E-state index contributed by atoms with van der Waals surface area (Å²) in [5.41, 5.74) is 2.09. The predicted molar refractivity (Wildman–Crippen MR) is 132 cm³/mol. The first kappa shape index (κ1) is 23.5. The lowest BCUT2D eigenvalue weighted by Gasteiger charge is -2.10. The second kappa shape index (κ2) is 11.5. The summed E-state index contributed by atoms with van der Waals surface area (Å²) in [6.07, 6.45) is 3.76. The van der Waals surface area contributed by atoms with Crippen molar-refractivity contribution in [2.75, 3.05) is 11.9 Å². The van der Waals surface area contributed by atoms with Gasteiger partial charge in [-0.15, -0.1) is 0 Å². The molecule has 0 saturated heterocycles. The number of ether oxygens (including phenoxy) is 1. The molecule has 2 N–H and O–H groups in total. The van der Waals surface area contributed by atoms with Crippen LogP contribution in [0.1, 0.15) is 22.5 Å². The summed E-state index contributed by atoms with van der Waals surface area (Å²) in [5, 5.41) is 6.60. The molecule has 1 amide bonds. The van der Waals surface area contributed by atoms with Crippen LogP contribution in [-0.4, -0.2) is 32.0 Å². The first-order valence-corrected chi connectivity index (χ1v) is 11.4. The van der Waals surface area contributed by atoms with Crippen LogP contribution in [0.25, 0.3) is 0 Å². The normalized spacial score (nSPS) is 10.6. The first-order valence-electron chi connectivity index (χ1n) is 10.6. The van der Waals surface area contributed by atoms with E-state index in [0.29, 0.717) is 43.0 Å². The summed E-state index contributed by atoms with van der Waals surface area (Å²) in [6.45, 7) is 1.49. The zero-order valence-corrected chi connectivity index (χ0v) is 19.6. The third-order valence-electron chi connectivity index (χ3n) is 4.82. The molecule has 2 heterocycles. The molecule has 4 rings (SSSR count). The van der Waals surface area contributed by atoms with Crippen LogP contribution in [0, 0.1) is 0 Å². The molecular formula is C24H22Cl2N6O2. The lowest BCUT2D eigenvalue weighted by atomic mass is 10.2. The maximum Gasteiger partial charge on any atom is 0.270 e. The van der Waals surface area contributed by atoms with E-state index in [-0.39, 0.29) is 16.8 Å². The fraction of sp³-hybridized carbons (Fsp3) is 0.167. The number of aryl methyl sites for hydroxylation is 1. The summed E-state index contributed by atoms with van der Waals surface area (Å²) >= 11 is 11.9. The van der Waals surface area contributed by atoms with Crippen LogP contribution in [0.15, 0.2) is 73.2 Å². The van der Waals surface area contributed by atoms with Gasteiger partial charge in [0.1, 0.15) is 23.2 Å². The van der Waals surface area contributed by atoms with Crippen molar-refractivity contribution in [1.82, 2.24) is 24.8 Å². The number of rotatable bonds is 10. The molecule has 4 aromatic rings. The van der Waals surface area contributed by atoms with Gasteiger partial charge >= 0.3 is 0 Å². The molecule has 0 bridgehead atoms. The SMILES string of the molecule is O=C(NCCCn1cnc(Cl)c1Cl)c1ccnc(Nc2cccc(OCc3ccccc3)c2)n1. The number of carbonyl (C=O) groups is 1. The zero-order chi connectivity index (χ0) is 23.8. The number of benzene rings is 2. The highest BCUT2D eigenvalue weighted by atomic mass is 35.5. The van der Waals surface area contributed by atoms with Crippen molar-refractivity contribution in [2.45, 2.75) is 19.6 Å². The second-order valence-electron chi connectivity index (χ2n) is 7.32. The van der Waals surface area contributed by atoms with Crippen molar-refractivity contribution in [3.8, 4) is 5.75 Å². The molecule has 0 fully saturated rings. The lowest BCUT2D eigenvalue weighted by Crippen LogP contribution is -2.26. The van der Waals surface area contributed by atoms with E-state index in [2.05, 4.69) is 25.6 Å². The van der Waals surface area contributed by atoms with Crippen LogP contribution in [0.2, 0.25) is 10.3 Å². The average Bonchev–Trinajstić information content (AvgIpc) is 3.18. The number of carbonyl (C=O) groups excluding carboxylic acids is 1. The number of nitrogens with zero attached hydrogens (tertiary/aromatic N) is 4. The molecule has 0 radical (unpaired) electrons. The van der Waals surface area contributed by atoms with Gasteiger partial charge in [-0.1, -0.05) is 59.6 Å². The van der Waals surface area contributed by atoms with Gasteiger partial charge in [-0.3, -0.25) is 4.79 Å². The molecule has 8 nitrogen and oxygen atoms in total. The number of anilines is 2. The number of hydrogen-bond donors (Lipinski definition) is 2. The molecule has 0 aliphatic carbocycles. The molecule has 0 spiro atoms. The van der Waals surface area contributed by atoms with Gasteiger partial charge < -0.3 is 19.9 Å². The Balaban J connectivity index is 1.29. The van der Waals surface area contributed by atoms with Gasteiger partial charge in [0.2, 0.25) is 5.95 Å². The van der Waals surface area contributed by atoms with Gasteiger partial charge in [0.25, 0.3) is 5.91 Å². The standard InChI is InChI=1S/C24H22Cl2N6O2/c25-21-22(26)32(16-29-21)13-5-11-27-23(33)20-10-12-28-24(31-20)30-18-8-4-9-19(14-18)34-15-17-6-2-1-3-7-17/h1-4,6-10,12,14,16H,5,11,13,15H2,(H,27,33)(H,28,30,31). The van der Waals surface area contributed by atoms with E-state index in [0.717, 1.165) is 11.3 Å². The van der Waals surface area contributed by atoms with E-state index in [4.69, 9.17) is 27.9 Å². The Morgan fingerprint density at radius 2 is 1.88 bits per heavy atom. The Labute approximate surface area is 206 Å². The molecule has 2 aromatic carbocycles. The van der Waals surface area contributed by atoms with Gasteiger partial charge in [-0.2, -0.15) is 0 Å². The highest BCUT2D eigenvalue weighted by Gasteiger charge is 2.10. The van der Waals surface area contributed by atoms with E-state index in [1.807, 2.05) is 54.6 Å². The van der Waals surface area contributed by atoms with Crippen molar-refractivity contribution in [2.24, 2.45) is 0 Å². The minimum absolute atomic E-state index is 0.262. The number of imidazole rings is 1. The molecule has 2 aromatic heterocycles. The van der Waals surface area contributed by atoms with Crippen molar-refractivity contribution in [1.29, 1.82) is 0 Å². The van der Waals surface area contributed by atoms with Crippen LogP contribution < -0.4 is 15.4 Å². The summed E-state index contributed by atoms with van der Waals surface area (Å²) < 4.78 is 7.58. The van der Waals surface area contributed by atoms with Gasteiger partial charge in [0, 0.05) is 31.0 Å². The van der Waals surface area contributed by atoms with E-state index >= 15 is 0 Å². The van der Waals surface area contributed by atoms with E-state index in [1.54, 1.807) is 17.0 Å². The minimum Gasteiger partial charge on any atom is -0.489 e. The minimum atomic E-state index is -0.292. The summed E-state index contributed by atoms with van der Waals surface area (Å²) in [7, 11) is 0. The Morgan fingerprint density at radius 3 is 2.68 bits per heavy atom. The Morgan fingerprint density at radius 1 is 1.03 bits per heavy atom. The molecule has 0 aliphatic heterocycles. The molecule has 34 heavy (non-hydrogen) atoms. The van der Waals surface area contributed by atoms with Crippen LogP contribution in [0.5, 0.6) is 5.75 Å². The monoisotopic (exact) mass is 496 g/mol. The molecule has 0 atom stereocenters. The van der Waals surface area contributed by atoms with Crippen molar-refractivity contribution in [3.63, 3.8) is 0 Å². The van der Waals surface area contributed by atoms with Crippen molar-refractivity contribution >= 4 is 40.7 Å². The van der Waals surface area contributed by atoms with Crippen LogP contribution in [0.3, 0.4) is 0 Å². The smallest absolute Gasteiger partial charge is 0.270 e. The molecular weight excluding hydrogens is 475 g/mol. The van der Waals surface area contributed by atoms with Crippen molar-refractivity contribution in [3.05, 3.63) is 94.8 Å². The number of hydrogen-bond acceptors (Lipinski definition) is 6. The van der Waals surface area contributed by atoms with E-state index in [1.165, 1.54) is 6.20 Å². The topological polar surface area (TPSA) is 94.0 Å². The Hall–Kier alpha value is -3.62. The van der Waals surface area contributed by atoms with Crippen molar-refractivity contribution < 1.29 is 9.53 Å². The molecule has 0 unspecified atom stereocenters. The molecule has 174 valence electrons. The van der Waals surface area contributed by atoms with Crippen LogP contribution >= 0.6 is 23.2 Å². The fourth-order valence-electron chi connectivity index (χ4n) is 3.12. The number of nitrogens with one attached hydrogen (secondary N) is 2. The highest BCUT2D eigenvalue weighted by molar-refractivity contribution is 6.40. The van der Waals surface area contributed by atoms with Crippen LogP contribution in [0.4, 0.5) is 11.6 Å². The molecule has 0 saturated carbocycles. The summed E-state index contributed by atoms with van der Waals surface area (Å²) in [5.74, 6) is 0.731. The predicted octanol–water partition coefficient (Wildman–Crippen LogP) is 5.12. The Kier molecular flexibility index (Phi) is 7.95. The van der Waals surface area contributed by atoms with E-state index < -0.39 is 0 Å². The number of amides is 1. The number of halogens is 2. The van der Waals surface area contributed by atoms with Gasteiger partial charge in [-0.25, -0.2) is 15.0 Å². The Bertz CT molecular complexity index is 1250. The fourth-order valence-corrected chi connectivity index (χ4v) is 3.45.